The molecule has 0 aliphatic heterocycles. The normalized spacial score (nSPS) is 10.7. The fourth-order valence-electron chi connectivity index (χ4n) is 2.21. The largest absolute Gasteiger partial charge is 0.352 e. The number of carbonyl (C=O) groups is 1. The predicted octanol–water partition coefficient (Wildman–Crippen LogP) is 2.00. The molecular weight excluding hydrogens is 278 g/mol. The van der Waals surface area contributed by atoms with Gasteiger partial charge in [-0.15, -0.1) is 0 Å². The van der Waals surface area contributed by atoms with Crippen LogP contribution in [-0.4, -0.2) is 21.5 Å². The van der Waals surface area contributed by atoms with Crippen molar-refractivity contribution in [2.45, 2.75) is 39.8 Å². The highest BCUT2D eigenvalue weighted by atomic mass is 16.2. The van der Waals surface area contributed by atoms with Crippen molar-refractivity contribution >= 4 is 5.91 Å². The molecule has 0 saturated carbocycles. The summed E-state index contributed by atoms with van der Waals surface area (Å²) in [5, 5.41) is 2.80. The van der Waals surface area contributed by atoms with Crippen LogP contribution in [0.1, 0.15) is 26.5 Å². The Morgan fingerprint density at radius 1 is 1.27 bits per heavy atom. The molecule has 0 aliphatic rings. The highest BCUT2D eigenvalue weighted by molar-refractivity contribution is 5.76. The first kappa shape index (κ1) is 15.9. The van der Waals surface area contributed by atoms with Gasteiger partial charge in [-0.05, 0) is 20.3 Å². The maximum absolute atomic E-state index is 12.4. The first-order valence-corrected chi connectivity index (χ1v) is 7.46. The number of aryl methyl sites for hydroxylation is 1. The maximum atomic E-state index is 12.4. The van der Waals surface area contributed by atoms with Crippen molar-refractivity contribution in [2.24, 2.45) is 0 Å². The second-order valence-corrected chi connectivity index (χ2v) is 5.44. The molecule has 0 bridgehead atoms. The number of benzene rings is 1. The van der Waals surface area contributed by atoms with E-state index in [1.807, 2.05) is 51.1 Å². The number of nitrogens with zero attached hydrogens (tertiary/aromatic N) is 2. The fraction of sp³-hybridized carbons (Fsp3) is 0.353. The summed E-state index contributed by atoms with van der Waals surface area (Å²) in [5.41, 5.74) is 1.35. The Labute approximate surface area is 130 Å². The number of aromatic nitrogens is 2. The van der Waals surface area contributed by atoms with Crippen molar-refractivity contribution < 1.29 is 4.79 Å². The Hall–Kier alpha value is -2.43. The zero-order valence-corrected chi connectivity index (χ0v) is 13.2. The summed E-state index contributed by atoms with van der Waals surface area (Å²) in [4.78, 5) is 28.9. The van der Waals surface area contributed by atoms with Crippen molar-refractivity contribution in [2.75, 3.05) is 0 Å². The number of hydrogen-bond donors (Lipinski definition) is 1. The molecule has 22 heavy (non-hydrogen) atoms. The Bertz CT molecular complexity index is 706. The lowest BCUT2D eigenvalue weighted by molar-refractivity contribution is -0.122. The average molecular weight is 299 g/mol. The molecule has 0 spiro atoms. The van der Waals surface area contributed by atoms with E-state index in [1.165, 1.54) is 10.6 Å². The number of hydrogen-bond acceptors (Lipinski definition) is 3. The van der Waals surface area contributed by atoms with Gasteiger partial charge in [0.15, 0.2) is 0 Å². The van der Waals surface area contributed by atoms with E-state index in [0.29, 0.717) is 12.2 Å². The Morgan fingerprint density at radius 3 is 2.55 bits per heavy atom. The molecule has 116 valence electrons. The third kappa shape index (κ3) is 3.81. The Morgan fingerprint density at radius 2 is 1.95 bits per heavy atom. The van der Waals surface area contributed by atoms with E-state index in [-0.39, 0.29) is 24.1 Å². The minimum absolute atomic E-state index is 0.0295. The summed E-state index contributed by atoms with van der Waals surface area (Å²) < 4.78 is 1.42. The molecule has 0 radical (unpaired) electrons. The van der Waals surface area contributed by atoms with Crippen molar-refractivity contribution in [3.63, 3.8) is 0 Å². The lowest BCUT2D eigenvalue weighted by atomic mass is 10.2. The van der Waals surface area contributed by atoms with Crippen LogP contribution in [0.15, 0.2) is 41.2 Å². The SMILES string of the molecule is CCc1cc(=O)n(CC(=O)NC(C)C)c(-c2ccccc2)n1. The zero-order valence-electron chi connectivity index (χ0n) is 13.2. The van der Waals surface area contributed by atoms with Gasteiger partial charge in [0.25, 0.3) is 5.56 Å². The molecule has 1 aromatic carbocycles. The van der Waals surface area contributed by atoms with E-state index in [9.17, 15) is 9.59 Å². The first-order valence-electron chi connectivity index (χ1n) is 7.46. The van der Waals surface area contributed by atoms with E-state index >= 15 is 0 Å². The van der Waals surface area contributed by atoms with Gasteiger partial charge in [0.1, 0.15) is 12.4 Å². The van der Waals surface area contributed by atoms with Gasteiger partial charge in [-0.1, -0.05) is 37.3 Å². The minimum atomic E-state index is -0.204. The molecule has 0 saturated heterocycles. The van der Waals surface area contributed by atoms with Crippen LogP contribution in [0.25, 0.3) is 11.4 Å². The lowest BCUT2D eigenvalue weighted by Crippen LogP contribution is -2.37. The van der Waals surface area contributed by atoms with Crippen molar-refractivity contribution in [3.8, 4) is 11.4 Å². The van der Waals surface area contributed by atoms with Gasteiger partial charge in [0, 0.05) is 23.4 Å². The van der Waals surface area contributed by atoms with Crippen LogP contribution in [0.4, 0.5) is 0 Å². The number of carbonyl (C=O) groups excluding carboxylic acids is 1. The average Bonchev–Trinajstić information content (AvgIpc) is 2.49. The molecule has 1 heterocycles. The van der Waals surface area contributed by atoms with Gasteiger partial charge in [0.2, 0.25) is 5.91 Å². The van der Waals surface area contributed by atoms with Gasteiger partial charge in [-0.3, -0.25) is 14.2 Å². The summed E-state index contributed by atoms with van der Waals surface area (Å²) in [7, 11) is 0. The van der Waals surface area contributed by atoms with Gasteiger partial charge < -0.3 is 5.32 Å². The van der Waals surface area contributed by atoms with E-state index in [1.54, 1.807) is 0 Å². The molecule has 0 unspecified atom stereocenters. The summed E-state index contributed by atoms with van der Waals surface area (Å²) in [5.74, 6) is 0.337. The topological polar surface area (TPSA) is 64.0 Å². The second kappa shape index (κ2) is 7.02. The first-order chi connectivity index (χ1) is 10.5. The number of amides is 1. The molecule has 0 atom stereocenters. The smallest absolute Gasteiger partial charge is 0.254 e. The maximum Gasteiger partial charge on any atom is 0.254 e. The second-order valence-electron chi connectivity index (χ2n) is 5.44. The molecule has 0 aliphatic carbocycles. The molecule has 2 aromatic rings. The number of nitrogens with one attached hydrogen (secondary N) is 1. The molecule has 0 fully saturated rings. The molecule has 2 rings (SSSR count). The van der Waals surface area contributed by atoms with Crippen LogP contribution >= 0.6 is 0 Å². The Balaban J connectivity index is 2.48. The molecule has 1 amide bonds. The van der Waals surface area contributed by atoms with Gasteiger partial charge >= 0.3 is 0 Å². The van der Waals surface area contributed by atoms with E-state index in [0.717, 1.165) is 11.3 Å². The van der Waals surface area contributed by atoms with Crippen molar-refractivity contribution in [1.29, 1.82) is 0 Å². The minimum Gasteiger partial charge on any atom is -0.352 e. The van der Waals surface area contributed by atoms with E-state index < -0.39 is 0 Å². The summed E-state index contributed by atoms with van der Waals surface area (Å²) >= 11 is 0. The van der Waals surface area contributed by atoms with Crippen LogP contribution in [0, 0.1) is 0 Å². The molecule has 5 heteroatoms. The van der Waals surface area contributed by atoms with E-state index in [4.69, 9.17) is 0 Å². The van der Waals surface area contributed by atoms with Gasteiger partial charge in [0.05, 0.1) is 0 Å². The monoisotopic (exact) mass is 299 g/mol. The fourth-order valence-corrected chi connectivity index (χ4v) is 2.21. The van der Waals surface area contributed by atoms with Crippen molar-refractivity contribution in [3.05, 3.63) is 52.4 Å². The summed E-state index contributed by atoms with van der Waals surface area (Å²) in [6.07, 6.45) is 0.675. The van der Waals surface area contributed by atoms with Gasteiger partial charge in [-0.25, -0.2) is 4.98 Å². The lowest BCUT2D eigenvalue weighted by Gasteiger charge is -2.14. The quantitative estimate of drug-likeness (QED) is 0.918. The highest BCUT2D eigenvalue weighted by Gasteiger charge is 2.13. The van der Waals surface area contributed by atoms with Gasteiger partial charge in [-0.2, -0.15) is 0 Å². The van der Waals surface area contributed by atoms with E-state index in [2.05, 4.69) is 10.3 Å². The zero-order chi connectivity index (χ0) is 16.1. The Kier molecular flexibility index (Phi) is 5.09. The van der Waals surface area contributed by atoms with Crippen LogP contribution in [0.3, 0.4) is 0 Å². The van der Waals surface area contributed by atoms with Crippen LogP contribution in [-0.2, 0) is 17.8 Å². The summed E-state index contributed by atoms with van der Waals surface area (Å²) in [6.45, 7) is 5.69. The number of rotatable bonds is 5. The molecular formula is C17H21N3O2. The summed E-state index contributed by atoms with van der Waals surface area (Å²) in [6, 6.07) is 11.0. The van der Waals surface area contributed by atoms with Crippen LogP contribution in [0.5, 0.6) is 0 Å². The predicted molar refractivity (Wildman–Crippen MR) is 86.6 cm³/mol. The standard InChI is InChI=1S/C17H21N3O2/c1-4-14-10-16(22)20(11-15(21)18-12(2)3)17(19-14)13-8-6-5-7-9-13/h5-10,12H,4,11H2,1-3H3,(H,18,21). The molecule has 1 aromatic heterocycles. The van der Waals surface area contributed by atoms with Crippen LogP contribution < -0.4 is 10.9 Å². The van der Waals surface area contributed by atoms with Crippen molar-refractivity contribution in [1.82, 2.24) is 14.9 Å². The molecule has 1 N–H and O–H groups in total. The third-order valence-electron chi connectivity index (χ3n) is 3.21. The highest BCUT2D eigenvalue weighted by Crippen LogP contribution is 2.15. The molecule has 5 nitrogen and oxygen atoms in total. The van der Waals surface area contributed by atoms with Crippen LogP contribution in [0.2, 0.25) is 0 Å². The third-order valence-corrected chi connectivity index (χ3v) is 3.21.